The van der Waals surface area contributed by atoms with Crippen LogP contribution in [0.15, 0.2) is 35.5 Å². The first-order valence-electron chi connectivity index (χ1n) is 8.86. The molecule has 3 N–H and O–H groups in total. The average Bonchev–Trinajstić information content (AvgIpc) is 2.96. The van der Waals surface area contributed by atoms with Crippen molar-refractivity contribution >= 4 is 5.97 Å². The minimum Gasteiger partial charge on any atom is -0.396 e. The number of hydrogen-bond acceptors (Lipinski definition) is 3. The minimum atomic E-state index is -0.472. The Bertz CT molecular complexity index is 617. The van der Waals surface area contributed by atoms with Gasteiger partial charge in [-0.25, -0.2) is 0 Å². The molecule has 0 saturated heterocycles. The van der Waals surface area contributed by atoms with Crippen molar-refractivity contribution in [1.29, 1.82) is 0 Å². The topological polar surface area (TPSA) is 71.1 Å². The van der Waals surface area contributed by atoms with Crippen molar-refractivity contribution in [2.45, 2.75) is 46.1 Å². The molecule has 4 heteroatoms. The molecule has 3 rings (SSSR count). The van der Waals surface area contributed by atoms with Gasteiger partial charge < -0.3 is 19.7 Å². The lowest BCUT2D eigenvalue weighted by molar-refractivity contribution is -0.138. The van der Waals surface area contributed by atoms with Crippen LogP contribution >= 0.6 is 0 Å². The lowest BCUT2D eigenvalue weighted by atomic mass is 9.47. The number of aliphatic hydroxyl groups is 2. The first-order valence-corrected chi connectivity index (χ1v) is 8.86. The molecule has 0 radical (unpaired) electrons. The summed E-state index contributed by atoms with van der Waals surface area (Å²) in [6.07, 6.45) is 10.3. The van der Waals surface area contributed by atoms with Gasteiger partial charge in [-0.15, -0.1) is 0 Å². The summed E-state index contributed by atoms with van der Waals surface area (Å²) < 4.78 is 5.08. The van der Waals surface area contributed by atoms with Gasteiger partial charge in [-0.3, -0.25) is 0 Å². The summed E-state index contributed by atoms with van der Waals surface area (Å²) in [6.45, 7) is 6.87. The minimum absolute atomic E-state index is 0.00526. The zero-order valence-corrected chi connectivity index (χ0v) is 14.8. The van der Waals surface area contributed by atoms with Crippen molar-refractivity contribution in [3.8, 4) is 0 Å². The standard InChI is InChI=1S/C20H28O4/c1-13-4-7-16-19(2,10-8-17(22)20(16,3)12-21)15(13)6-5-14-9-11-24-18(14)23/h4-6,9,15-17,21-22H,7-8,10-12H2,1-3H3/p+1/b6-5+/t15-,16?,17-,19+,20+/m1/s1. The zero-order chi connectivity index (χ0) is 17.5. The van der Waals surface area contributed by atoms with Crippen LogP contribution in [0.4, 0.5) is 0 Å². The van der Waals surface area contributed by atoms with Gasteiger partial charge in [-0.05, 0) is 43.6 Å². The number of cyclic esters (lactones) is 1. The number of esters is 1. The smallest absolute Gasteiger partial charge is 0.396 e. The molecule has 1 unspecified atom stereocenters. The second-order valence-corrected chi connectivity index (χ2v) is 8.07. The highest BCUT2D eigenvalue weighted by molar-refractivity contribution is 5.94. The van der Waals surface area contributed by atoms with Gasteiger partial charge in [0.15, 0.2) is 0 Å². The molecule has 0 aromatic carbocycles. The molecule has 1 aliphatic heterocycles. The zero-order valence-electron chi connectivity index (χ0n) is 14.8. The monoisotopic (exact) mass is 333 g/mol. The van der Waals surface area contributed by atoms with Gasteiger partial charge >= 0.3 is 5.97 Å². The van der Waals surface area contributed by atoms with Crippen LogP contribution in [0.25, 0.3) is 0 Å². The summed E-state index contributed by atoms with van der Waals surface area (Å²) in [5.41, 5.74) is 1.57. The van der Waals surface area contributed by atoms with E-state index < -0.39 is 11.5 Å². The summed E-state index contributed by atoms with van der Waals surface area (Å²) in [4.78, 5) is 9.73. The van der Waals surface area contributed by atoms with E-state index in [1.54, 1.807) is 0 Å². The Balaban J connectivity index is 1.94. The van der Waals surface area contributed by atoms with Gasteiger partial charge in [0, 0.05) is 17.4 Å². The Morgan fingerprint density at radius 2 is 2.12 bits per heavy atom. The maximum atomic E-state index is 10.5. The van der Waals surface area contributed by atoms with Crippen molar-refractivity contribution in [3.05, 3.63) is 35.5 Å². The van der Waals surface area contributed by atoms with Crippen molar-refractivity contribution in [1.82, 2.24) is 0 Å². The van der Waals surface area contributed by atoms with Crippen LogP contribution in [0.1, 0.15) is 40.0 Å². The second kappa shape index (κ2) is 6.16. The molecule has 4 nitrogen and oxygen atoms in total. The van der Waals surface area contributed by atoms with Gasteiger partial charge in [0.1, 0.15) is 5.57 Å². The van der Waals surface area contributed by atoms with Gasteiger partial charge in [-0.1, -0.05) is 31.6 Å². The fourth-order valence-electron chi connectivity index (χ4n) is 5.11. The van der Waals surface area contributed by atoms with Crippen molar-refractivity contribution in [2.75, 3.05) is 13.2 Å². The van der Waals surface area contributed by atoms with Crippen LogP contribution in [-0.2, 0) is 4.74 Å². The third-order valence-electron chi connectivity index (χ3n) is 6.77. The van der Waals surface area contributed by atoms with E-state index in [4.69, 9.17) is 4.74 Å². The molecular formula is C20H29O4+. The summed E-state index contributed by atoms with van der Waals surface area (Å²) in [6, 6.07) is 0. The quantitative estimate of drug-likeness (QED) is 0.474. The molecule has 0 spiro atoms. The van der Waals surface area contributed by atoms with E-state index in [1.165, 1.54) is 5.57 Å². The fourth-order valence-corrected chi connectivity index (χ4v) is 5.11. The van der Waals surface area contributed by atoms with Crippen LogP contribution in [0.3, 0.4) is 0 Å². The third-order valence-corrected chi connectivity index (χ3v) is 6.77. The summed E-state index contributed by atoms with van der Waals surface area (Å²) in [5, 5.41) is 20.5. The van der Waals surface area contributed by atoms with E-state index in [0.29, 0.717) is 13.0 Å². The second-order valence-electron chi connectivity index (χ2n) is 8.07. The van der Waals surface area contributed by atoms with Crippen molar-refractivity contribution < 1.29 is 19.7 Å². The Labute approximate surface area is 143 Å². The molecule has 0 amide bonds. The number of fused-ring (bicyclic) bond motifs is 1. The number of hydrogen-bond donors (Lipinski definition) is 2. The van der Waals surface area contributed by atoms with E-state index in [0.717, 1.165) is 18.4 Å². The van der Waals surface area contributed by atoms with Crippen LogP contribution < -0.4 is 0 Å². The van der Waals surface area contributed by atoms with Crippen molar-refractivity contribution in [3.63, 3.8) is 0 Å². The summed E-state index contributed by atoms with van der Waals surface area (Å²) in [7, 11) is 0. The molecule has 0 aromatic rings. The summed E-state index contributed by atoms with van der Waals surface area (Å²) >= 11 is 0. The highest BCUT2D eigenvalue weighted by Crippen LogP contribution is 2.60. The number of aliphatic hydroxyl groups excluding tert-OH is 2. The molecule has 5 atom stereocenters. The summed E-state index contributed by atoms with van der Waals surface area (Å²) in [5.74, 6) is 0.442. The lowest BCUT2D eigenvalue weighted by Gasteiger charge is -2.58. The largest absolute Gasteiger partial charge is 0.517 e. The van der Waals surface area contributed by atoms with Gasteiger partial charge in [0.2, 0.25) is 6.61 Å². The van der Waals surface area contributed by atoms with Gasteiger partial charge in [-0.2, -0.15) is 0 Å². The molecule has 1 heterocycles. The molecule has 1 saturated carbocycles. The Hall–Kier alpha value is -1.39. The number of carbonyl (C=O) groups excluding carboxylic acids is 1. The highest BCUT2D eigenvalue weighted by atomic mass is 16.5. The number of allylic oxidation sites excluding steroid dienone is 3. The van der Waals surface area contributed by atoms with Crippen LogP contribution in [0.2, 0.25) is 0 Å². The molecule has 0 bridgehead atoms. The molecule has 132 valence electrons. The number of rotatable bonds is 3. The van der Waals surface area contributed by atoms with Gasteiger partial charge in [0.05, 0.1) is 12.7 Å². The Morgan fingerprint density at radius 3 is 2.75 bits per heavy atom. The SMILES string of the molecule is CC1=CCC2[C@](C)(CO)[C@H](O)CC[C@@]2(C)[C@@H]1/C=C/C1=CCOC1=[OH+]. The molecule has 0 aromatic heterocycles. The molecule has 3 aliphatic rings. The Kier molecular flexibility index (Phi) is 4.47. The molecule has 2 aliphatic carbocycles. The fraction of sp³-hybridized carbons (Fsp3) is 0.650. The van der Waals surface area contributed by atoms with E-state index >= 15 is 0 Å². The van der Waals surface area contributed by atoms with E-state index in [2.05, 4.69) is 26.0 Å². The van der Waals surface area contributed by atoms with E-state index in [-0.39, 0.29) is 29.8 Å². The van der Waals surface area contributed by atoms with Gasteiger partial charge in [0.25, 0.3) is 0 Å². The predicted molar refractivity (Wildman–Crippen MR) is 94.0 cm³/mol. The predicted octanol–water partition coefficient (Wildman–Crippen LogP) is 2.74. The first kappa shape index (κ1) is 17.4. The Morgan fingerprint density at radius 1 is 1.38 bits per heavy atom. The van der Waals surface area contributed by atoms with E-state index in [9.17, 15) is 15.0 Å². The lowest BCUT2D eigenvalue weighted by Crippen LogP contribution is -2.56. The maximum absolute atomic E-state index is 10.5. The third kappa shape index (κ3) is 2.56. The van der Waals surface area contributed by atoms with Crippen LogP contribution in [0.5, 0.6) is 0 Å². The molecule has 24 heavy (non-hydrogen) atoms. The normalized spacial score (nSPS) is 42.5. The van der Waals surface area contributed by atoms with Crippen LogP contribution in [-0.4, -0.2) is 40.3 Å². The van der Waals surface area contributed by atoms with E-state index in [1.807, 2.05) is 19.1 Å². The maximum Gasteiger partial charge on any atom is 0.517 e. The number of ether oxygens (including phenoxy) is 1. The molecular weight excluding hydrogens is 304 g/mol. The average molecular weight is 333 g/mol. The van der Waals surface area contributed by atoms with Crippen LogP contribution in [0, 0.1) is 22.7 Å². The van der Waals surface area contributed by atoms with Crippen molar-refractivity contribution in [2.24, 2.45) is 22.7 Å². The molecule has 1 fully saturated rings. The first-order chi connectivity index (χ1) is 11.3. The highest BCUT2D eigenvalue weighted by Gasteiger charge is 2.56.